The number of carbonyl (C=O) groups is 1. The standard InChI is InChI=1S/C24H19ClN4O3/c1-13-8-19(31)17(10-18(13)25)21-20-22(28-27-21)24(32)29(12-14-4-3-7-26-11-14)23(20)15-5-2-6-16(30)9-15/h2-11,23,30-31H,12H2,1H3,(H,27,28)/t23-/m0/s1. The predicted octanol–water partition coefficient (Wildman–Crippen LogP) is 4.59. The first-order chi connectivity index (χ1) is 15.4. The lowest BCUT2D eigenvalue weighted by Gasteiger charge is -2.26. The minimum absolute atomic E-state index is 0.0222. The molecule has 5 rings (SSSR count). The zero-order chi connectivity index (χ0) is 22.4. The van der Waals surface area contributed by atoms with Gasteiger partial charge in [-0.2, -0.15) is 5.10 Å². The minimum Gasteiger partial charge on any atom is -0.508 e. The Bertz CT molecular complexity index is 1340. The Morgan fingerprint density at radius 1 is 1.16 bits per heavy atom. The molecule has 2 aromatic heterocycles. The third-order valence-electron chi connectivity index (χ3n) is 5.66. The van der Waals surface area contributed by atoms with Gasteiger partial charge < -0.3 is 15.1 Å². The first kappa shape index (κ1) is 20.1. The van der Waals surface area contributed by atoms with E-state index in [1.54, 1.807) is 54.5 Å². The van der Waals surface area contributed by atoms with Crippen LogP contribution in [0.25, 0.3) is 11.3 Å². The maximum absolute atomic E-state index is 13.4. The molecule has 0 fully saturated rings. The smallest absolute Gasteiger partial charge is 0.273 e. The summed E-state index contributed by atoms with van der Waals surface area (Å²) < 4.78 is 0. The van der Waals surface area contributed by atoms with Crippen molar-refractivity contribution in [2.24, 2.45) is 0 Å². The molecule has 4 aromatic rings. The van der Waals surface area contributed by atoms with Gasteiger partial charge in [0.05, 0.1) is 6.04 Å². The van der Waals surface area contributed by atoms with Gasteiger partial charge in [0.2, 0.25) is 0 Å². The number of phenols is 2. The van der Waals surface area contributed by atoms with Crippen molar-refractivity contribution in [2.45, 2.75) is 19.5 Å². The van der Waals surface area contributed by atoms with Crippen LogP contribution in [0.4, 0.5) is 0 Å². The normalized spacial score (nSPS) is 15.2. The number of halogens is 1. The summed E-state index contributed by atoms with van der Waals surface area (Å²) in [4.78, 5) is 19.3. The zero-order valence-electron chi connectivity index (χ0n) is 17.1. The lowest BCUT2D eigenvalue weighted by molar-refractivity contribution is 0.0729. The van der Waals surface area contributed by atoms with E-state index in [-0.39, 0.29) is 17.4 Å². The number of nitrogens with zero attached hydrogens (tertiary/aromatic N) is 3. The Hall–Kier alpha value is -3.84. The van der Waals surface area contributed by atoms with Crippen LogP contribution in [-0.2, 0) is 6.54 Å². The first-order valence-corrected chi connectivity index (χ1v) is 10.4. The fourth-order valence-electron chi connectivity index (χ4n) is 4.15. The number of pyridine rings is 1. The molecular weight excluding hydrogens is 428 g/mol. The van der Waals surface area contributed by atoms with Crippen molar-refractivity contribution >= 4 is 17.5 Å². The topological polar surface area (TPSA) is 102 Å². The maximum atomic E-state index is 13.4. The quantitative estimate of drug-likeness (QED) is 0.425. The minimum atomic E-state index is -0.530. The summed E-state index contributed by atoms with van der Waals surface area (Å²) in [5.41, 5.74) is 4.16. The molecule has 32 heavy (non-hydrogen) atoms. The van der Waals surface area contributed by atoms with E-state index in [9.17, 15) is 15.0 Å². The Morgan fingerprint density at radius 3 is 2.75 bits per heavy atom. The van der Waals surface area contributed by atoms with Gasteiger partial charge >= 0.3 is 0 Å². The molecule has 2 aromatic carbocycles. The summed E-state index contributed by atoms with van der Waals surface area (Å²) >= 11 is 6.33. The molecule has 0 bridgehead atoms. The number of benzene rings is 2. The lowest BCUT2D eigenvalue weighted by Crippen LogP contribution is -2.29. The van der Waals surface area contributed by atoms with Crippen molar-refractivity contribution in [1.29, 1.82) is 0 Å². The number of H-pyrrole nitrogens is 1. The van der Waals surface area contributed by atoms with Gasteiger partial charge in [-0.05, 0) is 53.9 Å². The molecule has 160 valence electrons. The highest BCUT2D eigenvalue weighted by Gasteiger charge is 2.42. The monoisotopic (exact) mass is 446 g/mol. The molecule has 0 saturated carbocycles. The van der Waals surface area contributed by atoms with Crippen molar-refractivity contribution in [1.82, 2.24) is 20.1 Å². The largest absolute Gasteiger partial charge is 0.508 e. The van der Waals surface area contributed by atoms with E-state index in [1.165, 1.54) is 0 Å². The number of rotatable bonds is 4. The molecule has 7 nitrogen and oxygen atoms in total. The van der Waals surface area contributed by atoms with Crippen molar-refractivity contribution < 1.29 is 15.0 Å². The van der Waals surface area contributed by atoms with Crippen LogP contribution < -0.4 is 0 Å². The average molecular weight is 447 g/mol. The molecule has 3 heterocycles. The second-order valence-corrected chi connectivity index (χ2v) is 8.18. The number of phenolic OH excluding ortho intramolecular Hbond substituents is 2. The van der Waals surface area contributed by atoms with Crippen LogP contribution in [0.5, 0.6) is 11.5 Å². The molecule has 3 N–H and O–H groups in total. The highest BCUT2D eigenvalue weighted by Crippen LogP contribution is 2.46. The fraction of sp³-hybridized carbons (Fsp3) is 0.125. The van der Waals surface area contributed by atoms with Gasteiger partial charge in [0.15, 0.2) is 0 Å². The van der Waals surface area contributed by atoms with Gasteiger partial charge in [0.25, 0.3) is 5.91 Å². The number of hydrogen-bond acceptors (Lipinski definition) is 5. The zero-order valence-corrected chi connectivity index (χ0v) is 17.8. The van der Waals surface area contributed by atoms with Crippen LogP contribution in [0.3, 0.4) is 0 Å². The molecule has 0 saturated heterocycles. The third kappa shape index (κ3) is 3.27. The van der Waals surface area contributed by atoms with E-state index >= 15 is 0 Å². The summed E-state index contributed by atoms with van der Waals surface area (Å²) in [6.07, 6.45) is 3.39. The number of aromatic nitrogens is 3. The lowest BCUT2D eigenvalue weighted by atomic mass is 9.95. The molecule has 1 atom stereocenters. The number of aromatic hydroxyl groups is 2. The molecule has 0 unspecified atom stereocenters. The van der Waals surface area contributed by atoms with Gasteiger partial charge in [-0.3, -0.25) is 14.9 Å². The number of fused-ring (bicyclic) bond motifs is 1. The summed E-state index contributed by atoms with van der Waals surface area (Å²) in [5.74, 6) is -0.112. The third-order valence-corrected chi connectivity index (χ3v) is 6.06. The highest BCUT2D eigenvalue weighted by molar-refractivity contribution is 6.31. The van der Waals surface area contributed by atoms with Gasteiger partial charge in [-0.25, -0.2) is 0 Å². The Kier molecular flexibility index (Phi) is 4.83. The summed E-state index contributed by atoms with van der Waals surface area (Å²) in [6, 6.07) is 13.2. The van der Waals surface area contributed by atoms with Crippen LogP contribution in [-0.4, -0.2) is 36.2 Å². The Balaban J connectivity index is 1.69. The van der Waals surface area contributed by atoms with Gasteiger partial charge in [-0.15, -0.1) is 0 Å². The van der Waals surface area contributed by atoms with Crippen LogP contribution in [0.2, 0.25) is 5.02 Å². The second-order valence-electron chi connectivity index (χ2n) is 7.77. The summed E-state index contributed by atoms with van der Waals surface area (Å²) in [6.45, 7) is 2.12. The Labute approximate surface area is 188 Å². The van der Waals surface area contributed by atoms with Crippen LogP contribution >= 0.6 is 11.6 Å². The van der Waals surface area contributed by atoms with Crippen LogP contribution in [0, 0.1) is 6.92 Å². The first-order valence-electron chi connectivity index (χ1n) is 10.0. The molecule has 0 radical (unpaired) electrons. The molecule has 8 heteroatoms. The summed E-state index contributed by atoms with van der Waals surface area (Å²) in [7, 11) is 0. The van der Waals surface area contributed by atoms with Crippen LogP contribution in [0.15, 0.2) is 60.9 Å². The summed E-state index contributed by atoms with van der Waals surface area (Å²) in [5, 5.41) is 28.4. The van der Waals surface area contributed by atoms with Crippen LogP contribution in [0.1, 0.15) is 38.8 Å². The number of aromatic amines is 1. The van der Waals surface area contributed by atoms with Crippen molar-refractivity contribution in [3.05, 3.63) is 93.9 Å². The van der Waals surface area contributed by atoms with Gasteiger partial charge in [0.1, 0.15) is 22.9 Å². The molecule has 1 amide bonds. The number of nitrogens with one attached hydrogen (secondary N) is 1. The number of aryl methyl sites for hydroxylation is 1. The Morgan fingerprint density at radius 2 is 2.00 bits per heavy atom. The van der Waals surface area contributed by atoms with Crippen molar-refractivity contribution in [2.75, 3.05) is 0 Å². The van der Waals surface area contributed by atoms with Gasteiger partial charge in [0, 0.05) is 35.1 Å². The number of hydrogen-bond donors (Lipinski definition) is 3. The molecule has 0 spiro atoms. The van der Waals surface area contributed by atoms with Crippen molar-refractivity contribution in [3.63, 3.8) is 0 Å². The van der Waals surface area contributed by atoms with E-state index in [1.807, 2.05) is 18.2 Å². The SMILES string of the molecule is Cc1cc(O)c(-c2n[nH]c3c2[C@H](c2cccc(O)c2)N(Cc2cccnc2)C3=O)cc1Cl. The fourth-order valence-corrected chi connectivity index (χ4v) is 4.31. The molecular formula is C24H19ClN4O3. The average Bonchev–Trinajstić information content (AvgIpc) is 3.31. The molecule has 1 aliphatic heterocycles. The van der Waals surface area contributed by atoms with E-state index in [0.29, 0.717) is 34.1 Å². The number of amides is 1. The number of carbonyl (C=O) groups excluding carboxylic acids is 1. The molecule has 1 aliphatic rings. The highest BCUT2D eigenvalue weighted by atomic mass is 35.5. The van der Waals surface area contributed by atoms with Gasteiger partial charge in [-0.1, -0.05) is 29.8 Å². The van der Waals surface area contributed by atoms with Crippen molar-refractivity contribution in [3.8, 4) is 22.8 Å². The van der Waals surface area contributed by atoms with E-state index in [2.05, 4.69) is 15.2 Å². The van der Waals surface area contributed by atoms with E-state index < -0.39 is 6.04 Å². The predicted molar refractivity (Wildman–Crippen MR) is 119 cm³/mol. The maximum Gasteiger partial charge on any atom is 0.273 e. The second kappa shape index (κ2) is 7.69. The van der Waals surface area contributed by atoms with E-state index in [4.69, 9.17) is 11.6 Å². The van der Waals surface area contributed by atoms with E-state index in [0.717, 1.165) is 16.7 Å². The molecule has 0 aliphatic carbocycles.